The topological polar surface area (TPSA) is 99.8 Å². The SMILES string of the molecule is Cc1ccc([13C](=O)Nc2ccc([13CH2]c3nc(N([13CH3])[13CH3])c([13CH2][13C](=O)O)c4nccn34)cc2)cc1. The van der Waals surface area contributed by atoms with E-state index in [0.29, 0.717) is 34.7 Å². The second-order valence-corrected chi connectivity index (χ2v) is 8.11. The number of nitrogens with one attached hydrogen (secondary N) is 1. The molecular weight excluding hydrogens is 424 g/mol. The summed E-state index contributed by atoms with van der Waals surface area (Å²) >= 11 is 0. The van der Waals surface area contributed by atoms with Crippen molar-refractivity contribution in [2.45, 2.75) is 19.8 Å². The first-order chi connectivity index (χ1) is 15.8. The Morgan fingerprint density at radius 3 is 2.39 bits per heavy atom. The molecular formula is C25H25N5O3. The molecule has 8 nitrogen and oxygen atoms in total. The van der Waals surface area contributed by atoms with Gasteiger partial charge in [-0.05, 0) is 36.8 Å². The first-order valence-electron chi connectivity index (χ1n) is 10.5. The normalized spacial score (nSPS) is 10.9. The lowest BCUT2D eigenvalue weighted by molar-refractivity contribution is -0.136. The molecule has 0 unspecified atom stereocenters. The second-order valence-electron chi connectivity index (χ2n) is 8.11. The zero-order valence-electron chi connectivity index (χ0n) is 18.7. The maximum atomic E-state index is 12.4. The van der Waals surface area contributed by atoms with E-state index in [2.05, 4.69) is 10.3 Å². The number of hydrogen-bond acceptors (Lipinski definition) is 5. The molecule has 0 saturated carbocycles. The van der Waals surface area contributed by atoms with Gasteiger partial charge < -0.3 is 15.3 Å². The molecule has 8 heteroatoms. The Kier molecular flexibility index (Phi) is 6.08. The fourth-order valence-electron chi connectivity index (χ4n) is 3.68. The molecule has 0 saturated heterocycles. The molecule has 0 fully saturated rings. The number of carboxylic acids is 1. The first-order valence-corrected chi connectivity index (χ1v) is 10.5. The van der Waals surface area contributed by atoms with Gasteiger partial charge in [0.25, 0.3) is 5.91 Å². The van der Waals surface area contributed by atoms with E-state index in [1.807, 2.05) is 61.8 Å². The number of aromatic nitrogens is 3. The maximum absolute atomic E-state index is 12.4. The Bertz CT molecular complexity index is 1310. The minimum Gasteiger partial charge on any atom is -0.481 e. The van der Waals surface area contributed by atoms with Crippen LogP contribution in [0.25, 0.3) is 5.65 Å². The fourth-order valence-corrected chi connectivity index (χ4v) is 3.68. The van der Waals surface area contributed by atoms with Crippen molar-refractivity contribution in [1.82, 2.24) is 14.4 Å². The summed E-state index contributed by atoms with van der Waals surface area (Å²) in [5, 5.41) is 12.2. The van der Waals surface area contributed by atoms with Gasteiger partial charge in [-0.2, -0.15) is 0 Å². The van der Waals surface area contributed by atoms with Crippen molar-refractivity contribution in [3.8, 4) is 0 Å². The fraction of sp³-hybridized carbons (Fsp3) is 0.200. The number of aryl methyl sites for hydroxylation is 1. The summed E-state index contributed by atoms with van der Waals surface area (Å²) in [7, 11) is 3.67. The first kappa shape index (κ1) is 22.0. The zero-order valence-corrected chi connectivity index (χ0v) is 18.7. The molecule has 4 rings (SSSR count). The minimum absolute atomic E-state index is 0.156. The van der Waals surface area contributed by atoms with Crippen molar-refractivity contribution in [1.29, 1.82) is 0 Å². The third kappa shape index (κ3) is 4.85. The highest BCUT2D eigenvalue weighted by Gasteiger charge is 2.19. The van der Waals surface area contributed by atoms with Crippen LogP contribution in [0.5, 0.6) is 0 Å². The summed E-state index contributed by atoms with van der Waals surface area (Å²) in [6.45, 7) is 1.98. The molecule has 4 aromatic rings. The van der Waals surface area contributed by atoms with E-state index in [1.54, 1.807) is 29.4 Å². The highest BCUT2D eigenvalue weighted by atomic mass is 16.5. The molecule has 0 aliphatic carbocycles. The summed E-state index contributed by atoms with van der Waals surface area (Å²) in [5.41, 5.74) is 4.58. The van der Waals surface area contributed by atoms with Gasteiger partial charge in [0, 0.05) is 49.7 Å². The van der Waals surface area contributed by atoms with E-state index in [-0.39, 0.29) is 12.3 Å². The van der Waals surface area contributed by atoms with Crippen LogP contribution in [0.3, 0.4) is 0 Å². The summed E-state index contributed by atoms with van der Waals surface area (Å²) in [5.74, 6) is 0.250. The summed E-state index contributed by atoms with van der Waals surface area (Å²) in [4.78, 5) is 34.8. The number of anilines is 2. The van der Waals surface area contributed by atoms with Crippen molar-refractivity contribution in [3.05, 3.63) is 89.0 Å². The molecule has 0 spiro atoms. The average molecular weight is 449 g/mol. The van der Waals surface area contributed by atoms with Crippen molar-refractivity contribution in [2.75, 3.05) is 24.3 Å². The van der Waals surface area contributed by atoms with E-state index in [1.165, 1.54) is 0 Å². The van der Waals surface area contributed by atoms with E-state index < -0.39 is 5.97 Å². The molecule has 0 atom stereocenters. The van der Waals surface area contributed by atoms with Crippen molar-refractivity contribution in [3.63, 3.8) is 0 Å². The molecule has 0 radical (unpaired) electrons. The molecule has 2 aromatic heterocycles. The number of hydrogen-bond donors (Lipinski definition) is 2. The van der Waals surface area contributed by atoms with Crippen LogP contribution in [0.15, 0.2) is 60.9 Å². The van der Waals surface area contributed by atoms with Gasteiger partial charge in [-0.25, -0.2) is 9.97 Å². The number of aliphatic carboxylic acids is 1. The van der Waals surface area contributed by atoms with Gasteiger partial charge in [-0.3, -0.25) is 14.0 Å². The van der Waals surface area contributed by atoms with Crippen LogP contribution in [0.4, 0.5) is 11.5 Å². The number of carbonyl (C=O) groups excluding carboxylic acids is 1. The molecule has 2 N–H and O–H groups in total. The van der Waals surface area contributed by atoms with Gasteiger partial charge in [-0.1, -0.05) is 29.8 Å². The third-order valence-corrected chi connectivity index (χ3v) is 5.33. The number of imidazole rings is 1. The van der Waals surface area contributed by atoms with Crippen molar-refractivity contribution in [2.24, 2.45) is 0 Å². The second kappa shape index (κ2) is 9.12. The summed E-state index contributed by atoms with van der Waals surface area (Å²) in [6.07, 6.45) is 3.80. The molecule has 2 aromatic carbocycles. The van der Waals surface area contributed by atoms with Crippen molar-refractivity contribution < 1.29 is 14.7 Å². The number of nitrogens with zero attached hydrogens (tertiary/aromatic N) is 4. The van der Waals surface area contributed by atoms with Gasteiger partial charge in [0.1, 0.15) is 17.3 Å². The smallest absolute Gasteiger partial charge is 0.308 e. The predicted molar refractivity (Wildman–Crippen MR) is 127 cm³/mol. The monoisotopic (exact) mass is 449 g/mol. The van der Waals surface area contributed by atoms with E-state index in [0.717, 1.165) is 17.0 Å². The summed E-state index contributed by atoms with van der Waals surface area (Å²) < 4.78 is 1.83. The Labute approximate surface area is 191 Å². The number of carboxylic acid groups (broad SMARTS) is 1. The Morgan fingerprint density at radius 2 is 1.76 bits per heavy atom. The van der Waals surface area contributed by atoms with Crippen molar-refractivity contribution >= 4 is 29.0 Å². The van der Waals surface area contributed by atoms with Crippen LogP contribution in [0.2, 0.25) is 0 Å². The number of fused-ring (bicyclic) bond motifs is 1. The van der Waals surface area contributed by atoms with E-state index in [9.17, 15) is 14.7 Å². The lowest BCUT2D eigenvalue weighted by Crippen LogP contribution is -2.19. The molecule has 33 heavy (non-hydrogen) atoms. The highest BCUT2D eigenvalue weighted by molar-refractivity contribution is 6.04. The molecule has 168 valence electrons. The minimum atomic E-state index is -0.930. The number of carbonyl (C=O) groups is 2. The van der Waals surface area contributed by atoms with Crippen LogP contribution in [0, 0.1) is 6.92 Å². The van der Waals surface area contributed by atoms with Gasteiger partial charge in [0.05, 0.1) is 6.42 Å². The largest absolute Gasteiger partial charge is 0.481 e. The summed E-state index contributed by atoms with van der Waals surface area (Å²) in [6, 6.07) is 15.0. The molecule has 0 bridgehead atoms. The zero-order chi connectivity index (χ0) is 23.5. The van der Waals surface area contributed by atoms with E-state index in [4.69, 9.17) is 4.98 Å². The Morgan fingerprint density at radius 1 is 1.06 bits per heavy atom. The van der Waals surface area contributed by atoms with Gasteiger partial charge in [-0.15, -0.1) is 0 Å². The third-order valence-electron chi connectivity index (χ3n) is 5.33. The highest BCUT2D eigenvalue weighted by Crippen LogP contribution is 2.24. The maximum Gasteiger partial charge on any atom is 0.308 e. The van der Waals surface area contributed by atoms with Crippen LogP contribution in [-0.2, 0) is 17.6 Å². The van der Waals surface area contributed by atoms with Crippen LogP contribution < -0.4 is 10.2 Å². The van der Waals surface area contributed by atoms with Crippen LogP contribution in [0.1, 0.15) is 32.9 Å². The molecule has 1 amide bonds. The van der Waals surface area contributed by atoms with Gasteiger partial charge in [0.2, 0.25) is 0 Å². The number of rotatable bonds is 7. The van der Waals surface area contributed by atoms with Gasteiger partial charge >= 0.3 is 5.97 Å². The Hall–Kier alpha value is -4.20. The molecule has 0 aliphatic rings. The quantitative estimate of drug-likeness (QED) is 0.419. The predicted octanol–water partition coefficient (Wildman–Crippen LogP) is 3.57. The average Bonchev–Trinajstić information content (AvgIpc) is 3.27. The lowest BCUT2D eigenvalue weighted by atomic mass is 10.2. The van der Waals surface area contributed by atoms with Gasteiger partial charge in [0.15, 0.2) is 0 Å². The molecule has 0 aliphatic heterocycles. The number of benzene rings is 2. The van der Waals surface area contributed by atoms with E-state index >= 15 is 0 Å². The van der Waals surface area contributed by atoms with Crippen LogP contribution >= 0.6 is 0 Å². The standard InChI is InChI=1S/C25H25N5O3/c1-16-4-8-18(9-5-16)25(33)27-19-10-6-17(7-11-19)14-21-28-24(29(2)3)20(15-22(31)32)23-26-12-13-30(21)23/h4-13H,14-15H2,1-3H3,(H,27,33)(H,31,32)/i2+1,3+1,14+1,15+1,22+1,25+1. The Balaban J connectivity index is 1.57. The lowest BCUT2D eigenvalue weighted by Gasteiger charge is -2.18. The van der Waals surface area contributed by atoms with Crippen LogP contribution in [-0.4, -0.2) is 45.4 Å². The molecule has 2 heterocycles. The number of amides is 1.